The van der Waals surface area contributed by atoms with Crippen LogP contribution in [-0.4, -0.2) is 21.8 Å². The van der Waals surface area contributed by atoms with Gasteiger partial charge in [-0.25, -0.2) is 0 Å². The number of nitrogens with zero attached hydrogens (tertiary/aromatic N) is 1. The quantitative estimate of drug-likeness (QED) is 0.824. The van der Waals surface area contributed by atoms with Crippen LogP contribution >= 0.6 is 0 Å². The third-order valence-corrected chi connectivity index (χ3v) is 2.66. The van der Waals surface area contributed by atoms with Gasteiger partial charge in [-0.15, -0.1) is 0 Å². The molecule has 0 aliphatic rings. The lowest BCUT2D eigenvalue weighted by molar-refractivity contribution is 0.153. The highest BCUT2D eigenvalue weighted by atomic mass is 16.3. The molecule has 0 aliphatic heterocycles. The molecule has 0 saturated carbocycles. The van der Waals surface area contributed by atoms with Gasteiger partial charge in [0.1, 0.15) is 0 Å². The number of fused-ring (bicyclic) bond motifs is 1. The van der Waals surface area contributed by atoms with Gasteiger partial charge in [-0.2, -0.15) is 0 Å². The Bertz CT molecular complexity index is 465. The molecule has 1 unspecified atom stereocenters. The average molecular weight is 217 g/mol. The standard InChI is InChI=1S/C13H15NO2/c15-9-3-7-12(16)11-6-1-4-10-5-2-8-14-13(10)11/h1-2,4-6,8,12,15-16H,3,7,9H2. The van der Waals surface area contributed by atoms with E-state index in [-0.39, 0.29) is 6.61 Å². The molecule has 84 valence electrons. The van der Waals surface area contributed by atoms with Crippen LogP contribution in [0.3, 0.4) is 0 Å². The van der Waals surface area contributed by atoms with E-state index in [9.17, 15) is 5.11 Å². The topological polar surface area (TPSA) is 53.4 Å². The minimum absolute atomic E-state index is 0.106. The Hall–Kier alpha value is -1.45. The van der Waals surface area contributed by atoms with Crippen LogP contribution in [0.5, 0.6) is 0 Å². The second kappa shape index (κ2) is 5.05. The van der Waals surface area contributed by atoms with E-state index in [0.717, 1.165) is 16.5 Å². The minimum Gasteiger partial charge on any atom is -0.396 e. The Morgan fingerprint density at radius 2 is 2.00 bits per heavy atom. The van der Waals surface area contributed by atoms with Crippen LogP contribution in [-0.2, 0) is 0 Å². The molecule has 2 N–H and O–H groups in total. The zero-order chi connectivity index (χ0) is 11.4. The maximum absolute atomic E-state index is 10.00. The van der Waals surface area contributed by atoms with Crippen molar-refractivity contribution in [1.82, 2.24) is 4.98 Å². The normalized spacial score (nSPS) is 12.9. The molecule has 2 aromatic rings. The van der Waals surface area contributed by atoms with Crippen molar-refractivity contribution in [2.75, 3.05) is 6.61 Å². The highest BCUT2D eigenvalue weighted by Crippen LogP contribution is 2.25. The van der Waals surface area contributed by atoms with Gasteiger partial charge in [-0.1, -0.05) is 24.3 Å². The zero-order valence-corrected chi connectivity index (χ0v) is 9.00. The fourth-order valence-electron chi connectivity index (χ4n) is 1.84. The average Bonchev–Trinajstić information content (AvgIpc) is 2.35. The van der Waals surface area contributed by atoms with Crippen molar-refractivity contribution in [2.24, 2.45) is 0 Å². The summed E-state index contributed by atoms with van der Waals surface area (Å²) in [5.74, 6) is 0. The van der Waals surface area contributed by atoms with Gasteiger partial charge in [0, 0.05) is 23.8 Å². The van der Waals surface area contributed by atoms with Gasteiger partial charge >= 0.3 is 0 Å². The van der Waals surface area contributed by atoms with Crippen molar-refractivity contribution >= 4 is 10.9 Å². The lowest BCUT2D eigenvalue weighted by Gasteiger charge is -2.12. The molecular formula is C13H15NO2. The van der Waals surface area contributed by atoms with Crippen LogP contribution in [0, 0.1) is 0 Å². The molecule has 2 rings (SSSR count). The van der Waals surface area contributed by atoms with Crippen molar-refractivity contribution in [3.05, 3.63) is 42.1 Å². The SMILES string of the molecule is OCCCC(O)c1cccc2cccnc12. The number of rotatable bonds is 4. The van der Waals surface area contributed by atoms with Gasteiger partial charge < -0.3 is 10.2 Å². The molecule has 0 aliphatic carbocycles. The van der Waals surface area contributed by atoms with Crippen molar-refractivity contribution < 1.29 is 10.2 Å². The summed E-state index contributed by atoms with van der Waals surface area (Å²) in [5, 5.41) is 19.8. The highest BCUT2D eigenvalue weighted by molar-refractivity contribution is 5.81. The van der Waals surface area contributed by atoms with E-state index in [4.69, 9.17) is 5.11 Å². The zero-order valence-electron chi connectivity index (χ0n) is 9.00. The third kappa shape index (κ3) is 2.21. The predicted molar refractivity (Wildman–Crippen MR) is 63.0 cm³/mol. The van der Waals surface area contributed by atoms with Gasteiger partial charge in [0.15, 0.2) is 0 Å². The number of pyridine rings is 1. The minimum atomic E-state index is -0.550. The van der Waals surface area contributed by atoms with Gasteiger partial charge in [0.25, 0.3) is 0 Å². The maximum atomic E-state index is 10.00. The summed E-state index contributed by atoms with van der Waals surface area (Å²) in [6.45, 7) is 0.106. The molecule has 3 nitrogen and oxygen atoms in total. The largest absolute Gasteiger partial charge is 0.396 e. The summed E-state index contributed by atoms with van der Waals surface area (Å²) in [6.07, 6.45) is 2.34. The molecule has 16 heavy (non-hydrogen) atoms. The predicted octanol–water partition coefficient (Wildman–Crippen LogP) is 2.04. The summed E-state index contributed by atoms with van der Waals surface area (Å²) >= 11 is 0. The first-order valence-electron chi connectivity index (χ1n) is 5.45. The van der Waals surface area contributed by atoms with Crippen molar-refractivity contribution in [2.45, 2.75) is 18.9 Å². The number of hydrogen-bond acceptors (Lipinski definition) is 3. The number of aromatic nitrogens is 1. The Morgan fingerprint density at radius 3 is 2.81 bits per heavy atom. The second-order valence-corrected chi connectivity index (χ2v) is 3.80. The van der Waals surface area contributed by atoms with Crippen LogP contribution < -0.4 is 0 Å². The van der Waals surface area contributed by atoms with E-state index in [1.165, 1.54) is 0 Å². The number of para-hydroxylation sites is 1. The first-order valence-corrected chi connectivity index (χ1v) is 5.45. The Morgan fingerprint density at radius 1 is 1.19 bits per heavy atom. The monoisotopic (exact) mass is 217 g/mol. The number of hydrogen-bond donors (Lipinski definition) is 2. The summed E-state index contributed by atoms with van der Waals surface area (Å²) < 4.78 is 0. The van der Waals surface area contributed by atoms with E-state index in [1.54, 1.807) is 6.20 Å². The lowest BCUT2D eigenvalue weighted by Crippen LogP contribution is -2.00. The number of aliphatic hydroxyl groups excluding tert-OH is 2. The molecule has 0 amide bonds. The van der Waals surface area contributed by atoms with Crippen molar-refractivity contribution in [3.8, 4) is 0 Å². The summed E-state index contributed by atoms with van der Waals surface area (Å²) in [6, 6.07) is 9.64. The fourth-order valence-corrected chi connectivity index (χ4v) is 1.84. The molecule has 0 saturated heterocycles. The van der Waals surface area contributed by atoms with Crippen LogP contribution in [0.25, 0.3) is 10.9 Å². The Kier molecular flexibility index (Phi) is 3.49. The molecule has 0 spiro atoms. The van der Waals surface area contributed by atoms with E-state index >= 15 is 0 Å². The van der Waals surface area contributed by atoms with Gasteiger partial charge in [-0.3, -0.25) is 4.98 Å². The molecule has 0 radical (unpaired) electrons. The van der Waals surface area contributed by atoms with E-state index in [2.05, 4.69) is 4.98 Å². The van der Waals surface area contributed by atoms with Gasteiger partial charge in [0.2, 0.25) is 0 Å². The van der Waals surface area contributed by atoms with Crippen LogP contribution in [0.1, 0.15) is 24.5 Å². The van der Waals surface area contributed by atoms with E-state index in [0.29, 0.717) is 12.8 Å². The highest BCUT2D eigenvalue weighted by Gasteiger charge is 2.11. The number of aliphatic hydroxyl groups is 2. The van der Waals surface area contributed by atoms with E-state index < -0.39 is 6.10 Å². The molecule has 1 aromatic carbocycles. The fraction of sp³-hybridized carbons (Fsp3) is 0.308. The smallest absolute Gasteiger partial charge is 0.0812 e. The third-order valence-electron chi connectivity index (χ3n) is 2.66. The molecule has 0 bridgehead atoms. The van der Waals surface area contributed by atoms with Crippen LogP contribution in [0.4, 0.5) is 0 Å². The van der Waals surface area contributed by atoms with Gasteiger partial charge in [-0.05, 0) is 18.9 Å². The Balaban J connectivity index is 2.36. The molecular weight excluding hydrogens is 202 g/mol. The second-order valence-electron chi connectivity index (χ2n) is 3.80. The van der Waals surface area contributed by atoms with Crippen molar-refractivity contribution in [3.63, 3.8) is 0 Å². The molecule has 3 heteroatoms. The maximum Gasteiger partial charge on any atom is 0.0812 e. The van der Waals surface area contributed by atoms with Gasteiger partial charge in [0.05, 0.1) is 11.6 Å². The summed E-state index contributed by atoms with van der Waals surface area (Å²) in [5.41, 5.74) is 1.68. The molecule has 1 heterocycles. The summed E-state index contributed by atoms with van der Waals surface area (Å²) in [7, 11) is 0. The molecule has 0 fully saturated rings. The summed E-state index contributed by atoms with van der Waals surface area (Å²) in [4.78, 5) is 4.29. The number of benzene rings is 1. The van der Waals surface area contributed by atoms with Crippen LogP contribution in [0.15, 0.2) is 36.5 Å². The first-order chi connectivity index (χ1) is 7.83. The van der Waals surface area contributed by atoms with Crippen molar-refractivity contribution in [1.29, 1.82) is 0 Å². The van der Waals surface area contributed by atoms with E-state index in [1.807, 2.05) is 30.3 Å². The molecule has 1 atom stereocenters. The first kappa shape index (κ1) is 11.0. The lowest BCUT2D eigenvalue weighted by atomic mass is 10.0. The Labute approximate surface area is 94.4 Å². The van der Waals surface area contributed by atoms with Crippen LogP contribution in [0.2, 0.25) is 0 Å². The molecule has 1 aromatic heterocycles.